The van der Waals surface area contributed by atoms with Gasteiger partial charge in [-0.2, -0.15) is 5.26 Å². The molecule has 1 aliphatic rings. The van der Waals surface area contributed by atoms with Gasteiger partial charge in [-0.25, -0.2) is 8.78 Å². The van der Waals surface area contributed by atoms with Crippen LogP contribution in [0, 0.1) is 23.0 Å². The van der Waals surface area contributed by atoms with Crippen molar-refractivity contribution in [2.45, 2.75) is 58.5 Å². The third kappa shape index (κ3) is 5.24. The zero-order valence-electron chi connectivity index (χ0n) is 19.4. The van der Waals surface area contributed by atoms with Gasteiger partial charge < -0.3 is 19.4 Å². The molecule has 1 amide bonds. The summed E-state index contributed by atoms with van der Waals surface area (Å²) in [5.41, 5.74) is -0.404. The highest BCUT2D eigenvalue weighted by Crippen LogP contribution is 2.37. The number of rotatable bonds is 7. The minimum absolute atomic E-state index is 0.0762. The smallest absolute Gasteiger partial charge is 0.399 e. The minimum Gasteiger partial charge on any atom is -0.399 e. The van der Waals surface area contributed by atoms with Gasteiger partial charge in [-0.05, 0) is 69.9 Å². The number of amides is 1. The summed E-state index contributed by atoms with van der Waals surface area (Å²) in [5, 5.41) is 11.5. The molecular weight excluding hydrogens is 429 g/mol. The number of hydrogen-bond acceptors (Lipinski definition) is 5. The van der Waals surface area contributed by atoms with Crippen molar-refractivity contribution in [2.75, 3.05) is 6.61 Å². The first-order chi connectivity index (χ1) is 15.5. The summed E-state index contributed by atoms with van der Waals surface area (Å²) in [6.45, 7) is 9.20. The molecule has 0 saturated carbocycles. The van der Waals surface area contributed by atoms with Crippen LogP contribution in [0.25, 0.3) is 0 Å². The van der Waals surface area contributed by atoms with E-state index in [1.54, 1.807) is 31.2 Å². The molecule has 1 atom stereocenters. The lowest BCUT2D eigenvalue weighted by atomic mass is 9.78. The van der Waals surface area contributed by atoms with E-state index in [1.165, 1.54) is 0 Å². The van der Waals surface area contributed by atoms with E-state index in [-0.39, 0.29) is 18.6 Å². The standard InChI is InChI=1S/C24H27BF2N2O4/c1-6-31-21(22(30)29-14-16-9-7-15(13-28)8-10-16)20-18(26)11-17(12-19(20)27)25-32-23(2,3)24(4,5)33-25/h7-12,21H,6,14H2,1-5H3,(H,29,30). The molecule has 1 heterocycles. The summed E-state index contributed by atoms with van der Waals surface area (Å²) >= 11 is 0. The van der Waals surface area contributed by atoms with Gasteiger partial charge in [0.2, 0.25) is 0 Å². The molecule has 0 bridgehead atoms. The molecular formula is C24H27BF2N2O4. The highest BCUT2D eigenvalue weighted by molar-refractivity contribution is 6.62. The van der Waals surface area contributed by atoms with Crippen molar-refractivity contribution >= 4 is 18.5 Å². The van der Waals surface area contributed by atoms with Crippen molar-refractivity contribution in [2.24, 2.45) is 0 Å². The Kier molecular flexibility index (Phi) is 7.22. The molecule has 3 rings (SSSR count). The first-order valence-corrected chi connectivity index (χ1v) is 10.7. The summed E-state index contributed by atoms with van der Waals surface area (Å²) in [6, 6.07) is 10.9. The number of carbonyl (C=O) groups excluding carboxylic acids is 1. The predicted molar refractivity (Wildman–Crippen MR) is 119 cm³/mol. The molecule has 0 aliphatic carbocycles. The van der Waals surface area contributed by atoms with Gasteiger partial charge in [-0.15, -0.1) is 0 Å². The second-order valence-corrected chi connectivity index (χ2v) is 8.85. The van der Waals surface area contributed by atoms with Crippen molar-refractivity contribution in [3.8, 4) is 6.07 Å². The van der Waals surface area contributed by atoms with Crippen molar-refractivity contribution in [1.29, 1.82) is 5.26 Å². The summed E-state index contributed by atoms with van der Waals surface area (Å²) in [5.74, 6) is -2.53. The van der Waals surface area contributed by atoms with E-state index in [0.29, 0.717) is 5.56 Å². The molecule has 1 unspecified atom stereocenters. The molecule has 2 aromatic rings. The molecule has 0 radical (unpaired) electrons. The van der Waals surface area contributed by atoms with E-state index < -0.39 is 47.5 Å². The molecule has 6 nitrogen and oxygen atoms in total. The number of nitrogens with one attached hydrogen (secondary N) is 1. The number of nitrogens with zero attached hydrogens (tertiary/aromatic N) is 1. The van der Waals surface area contributed by atoms with Gasteiger partial charge in [-0.1, -0.05) is 12.1 Å². The topological polar surface area (TPSA) is 80.6 Å². The van der Waals surface area contributed by atoms with Gasteiger partial charge in [0, 0.05) is 13.2 Å². The number of ether oxygens (including phenoxy) is 1. The molecule has 1 fully saturated rings. The summed E-state index contributed by atoms with van der Waals surface area (Å²) < 4.78 is 47.3. The van der Waals surface area contributed by atoms with Gasteiger partial charge in [0.05, 0.1) is 28.4 Å². The molecule has 2 aromatic carbocycles. The normalized spacial score (nSPS) is 17.5. The molecule has 33 heavy (non-hydrogen) atoms. The average Bonchev–Trinajstić information content (AvgIpc) is 2.98. The zero-order chi connectivity index (χ0) is 24.4. The van der Waals surface area contributed by atoms with Gasteiger partial charge in [0.15, 0.2) is 6.10 Å². The Morgan fingerprint density at radius 2 is 1.67 bits per heavy atom. The molecule has 174 valence electrons. The van der Waals surface area contributed by atoms with Gasteiger partial charge in [-0.3, -0.25) is 4.79 Å². The number of nitriles is 1. The van der Waals surface area contributed by atoms with Crippen LogP contribution >= 0.6 is 0 Å². The van der Waals surface area contributed by atoms with E-state index in [0.717, 1.165) is 17.7 Å². The Labute approximate surface area is 193 Å². The van der Waals surface area contributed by atoms with Gasteiger partial charge in [0.1, 0.15) is 11.6 Å². The number of hydrogen-bond donors (Lipinski definition) is 1. The Hall–Kier alpha value is -2.80. The predicted octanol–water partition coefficient (Wildman–Crippen LogP) is 3.53. The monoisotopic (exact) mass is 456 g/mol. The van der Waals surface area contributed by atoms with E-state index >= 15 is 8.78 Å². The maximum absolute atomic E-state index is 15.1. The van der Waals surface area contributed by atoms with Crippen LogP contribution in [0.15, 0.2) is 36.4 Å². The third-order valence-corrected chi connectivity index (χ3v) is 6.01. The summed E-state index contributed by atoms with van der Waals surface area (Å²) in [7, 11) is -0.941. The van der Waals surface area contributed by atoms with Crippen molar-refractivity contribution in [3.05, 3.63) is 64.7 Å². The number of carbonyl (C=O) groups is 1. The average molecular weight is 456 g/mol. The van der Waals surface area contributed by atoms with Crippen molar-refractivity contribution in [3.63, 3.8) is 0 Å². The first kappa shape index (κ1) is 24.8. The lowest BCUT2D eigenvalue weighted by Crippen LogP contribution is -2.41. The van der Waals surface area contributed by atoms with Crippen LogP contribution in [0.1, 0.15) is 57.4 Å². The Morgan fingerprint density at radius 1 is 1.12 bits per heavy atom. The second kappa shape index (κ2) is 9.60. The highest BCUT2D eigenvalue weighted by atomic mass is 19.1. The quantitative estimate of drug-likeness (QED) is 0.645. The Morgan fingerprint density at radius 3 is 2.15 bits per heavy atom. The van der Waals surface area contributed by atoms with E-state index in [2.05, 4.69) is 5.32 Å². The molecule has 1 N–H and O–H groups in total. The van der Waals surface area contributed by atoms with E-state index in [4.69, 9.17) is 19.3 Å². The van der Waals surface area contributed by atoms with Crippen LogP contribution in [0.3, 0.4) is 0 Å². The fourth-order valence-electron chi connectivity index (χ4n) is 3.41. The zero-order valence-corrected chi connectivity index (χ0v) is 19.4. The maximum Gasteiger partial charge on any atom is 0.495 e. The van der Waals surface area contributed by atoms with E-state index in [9.17, 15) is 4.79 Å². The first-order valence-electron chi connectivity index (χ1n) is 10.7. The Balaban J connectivity index is 1.81. The molecule has 1 aliphatic heterocycles. The number of halogens is 2. The van der Waals surface area contributed by atoms with Crippen LogP contribution in [0.5, 0.6) is 0 Å². The van der Waals surface area contributed by atoms with Crippen LogP contribution in [0.2, 0.25) is 0 Å². The lowest BCUT2D eigenvalue weighted by Gasteiger charge is -2.32. The van der Waals surface area contributed by atoms with Crippen LogP contribution in [-0.4, -0.2) is 30.8 Å². The Bertz CT molecular complexity index is 1030. The SMILES string of the molecule is CCOC(C(=O)NCc1ccc(C#N)cc1)c1c(F)cc(B2OC(C)(C)C(C)(C)O2)cc1F. The summed E-state index contributed by atoms with van der Waals surface area (Å²) in [4.78, 5) is 12.8. The van der Waals surface area contributed by atoms with Crippen LogP contribution < -0.4 is 10.8 Å². The van der Waals surface area contributed by atoms with Crippen LogP contribution in [-0.2, 0) is 25.4 Å². The lowest BCUT2D eigenvalue weighted by molar-refractivity contribution is -0.133. The molecule has 1 saturated heterocycles. The fraction of sp³-hybridized carbons (Fsp3) is 0.417. The van der Waals surface area contributed by atoms with E-state index in [1.807, 2.05) is 33.8 Å². The molecule has 0 aromatic heterocycles. The third-order valence-electron chi connectivity index (χ3n) is 6.01. The second-order valence-electron chi connectivity index (χ2n) is 8.85. The van der Waals surface area contributed by atoms with Gasteiger partial charge in [0.25, 0.3) is 5.91 Å². The van der Waals surface area contributed by atoms with Crippen molar-refractivity contribution in [1.82, 2.24) is 5.32 Å². The minimum atomic E-state index is -1.47. The van der Waals surface area contributed by atoms with Crippen LogP contribution in [0.4, 0.5) is 8.78 Å². The summed E-state index contributed by atoms with van der Waals surface area (Å²) in [6.07, 6.45) is -1.47. The maximum atomic E-state index is 15.1. The largest absolute Gasteiger partial charge is 0.495 e. The number of benzene rings is 2. The highest BCUT2D eigenvalue weighted by Gasteiger charge is 2.52. The fourth-order valence-corrected chi connectivity index (χ4v) is 3.41. The molecule has 9 heteroatoms. The molecule has 0 spiro atoms. The van der Waals surface area contributed by atoms with Crippen molar-refractivity contribution < 1.29 is 27.6 Å². The van der Waals surface area contributed by atoms with Gasteiger partial charge >= 0.3 is 7.12 Å².